The summed E-state index contributed by atoms with van der Waals surface area (Å²) in [5.74, 6) is 0.140. The van der Waals surface area contributed by atoms with E-state index in [1.54, 1.807) is 0 Å². The van der Waals surface area contributed by atoms with Crippen molar-refractivity contribution in [3.8, 4) is 0 Å². The summed E-state index contributed by atoms with van der Waals surface area (Å²) in [6.07, 6.45) is 0. The first-order chi connectivity index (χ1) is 8.24. The lowest BCUT2D eigenvalue weighted by atomic mass is 10.1. The van der Waals surface area contributed by atoms with E-state index in [2.05, 4.69) is 25.4 Å². The second-order valence-electron chi connectivity index (χ2n) is 3.68. The SMILES string of the molecule is Cc1ccc(C2=NC(=O)C3=NN=NC3=N2)cc1. The monoisotopic (exact) mass is 225 g/mol. The molecule has 0 saturated heterocycles. The molecule has 2 aliphatic heterocycles. The molecule has 1 aromatic carbocycles. The van der Waals surface area contributed by atoms with Gasteiger partial charge in [-0.2, -0.15) is 4.99 Å². The topological polar surface area (TPSA) is 78.9 Å². The van der Waals surface area contributed by atoms with E-state index in [9.17, 15) is 4.79 Å². The fraction of sp³-hybridized carbons (Fsp3) is 0.0909. The number of aryl methyl sites for hydroxylation is 1. The molecule has 0 atom stereocenters. The maximum Gasteiger partial charge on any atom is 0.303 e. The molecule has 0 saturated carbocycles. The average Bonchev–Trinajstić information content (AvgIpc) is 2.78. The van der Waals surface area contributed by atoms with Crippen molar-refractivity contribution in [2.45, 2.75) is 6.92 Å². The first kappa shape index (κ1) is 9.71. The van der Waals surface area contributed by atoms with Gasteiger partial charge in [0.15, 0.2) is 5.84 Å². The second kappa shape index (κ2) is 3.51. The standard InChI is InChI=1S/C11H7N5O/c1-6-2-4-7(5-3-6)9-12-10-8(11(17)13-9)14-16-15-10/h2-5H,1H3. The summed E-state index contributed by atoms with van der Waals surface area (Å²) in [7, 11) is 0. The minimum atomic E-state index is -0.449. The molecular formula is C11H7N5O. The van der Waals surface area contributed by atoms with Crippen molar-refractivity contribution in [1.82, 2.24) is 0 Å². The van der Waals surface area contributed by atoms with Crippen LogP contribution in [-0.4, -0.2) is 23.3 Å². The number of carbonyl (C=O) groups excluding carboxylic acids is 1. The van der Waals surface area contributed by atoms with E-state index in [0.717, 1.165) is 11.1 Å². The Hall–Kier alpha value is -2.50. The summed E-state index contributed by atoms with van der Waals surface area (Å²) in [4.78, 5) is 19.6. The number of benzene rings is 1. The Morgan fingerprint density at radius 3 is 2.53 bits per heavy atom. The number of hydrogen-bond donors (Lipinski definition) is 0. The third-order valence-corrected chi connectivity index (χ3v) is 2.43. The smallest absolute Gasteiger partial charge is 0.265 e. The van der Waals surface area contributed by atoms with Crippen molar-refractivity contribution in [3.05, 3.63) is 35.4 Å². The number of rotatable bonds is 1. The van der Waals surface area contributed by atoms with E-state index in [0.29, 0.717) is 5.84 Å². The molecule has 0 aromatic heterocycles. The van der Waals surface area contributed by atoms with Crippen LogP contribution in [-0.2, 0) is 4.79 Å². The van der Waals surface area contributed by atoms with Crippen LogP contribution in [0.15, 0.2) is 49.7 Å². The molecule has 6 nitrogen and oxygen atoms in total. The second-order valence-corrected chi connectivity index (χ2v) is 3.68. The van der Waals surface area contributed by atoms with Crippen molar-refractivity contribution in [2.24, 2.45) is 25.4 Å². The number of aliphatic imine (C=N–C) groups is 2. The maximum atomic E-state index is 11.6. The van der Waals surface area contributed by atoms with Gasteiger partial charge in [-0.1, -0.05) is 29.8 Å². The van der Waals surface area contributed by atoms with Gasteiger partial charge in [0.2, 0.25) is 11.5 Å². The largest absolute Gasteiger partial charge is 0.303 e. The number of fused-ring (bicyclic) bond motifs is 1. The van der Waals surface area contributed by atoms with Crippen LogP contribution in [0.5, 0.6) is 0 Å². The van der Waals surface area contributed by atoms with Crippen LogP contribution in [0.2, 0.25) is 0 Å². The number of carbonyl (C=O) groups is 1. The fourth-order valence-corrected chi connectivity index (χ4v) is 1.52. The highest BCUT2D eigenvalue weighted by atomic mass is 16.1. The summed E-state index contributed by atoms with van der Waals surface area (Å²) in [6.45, 7) is 1.99. The van der Waals surface area contributed by atoms with Gasteiger partial charge < -0.3 is 0 Å². The molecule has 2 heterocycles. The Balaban J connectivity index is 2.05. The van der Waals surface area contributed by atoms with Gasteiger partial charge in [0.25, 0.3) is 0 Å². The predicted molar refractivity (Wildman–Crippen MR) is 62.4 cm³/mol. The number of nitrogens with zero attached hydrogens (tertiary/aromatic N) is 5. The summed E-state index contributed by atoms with van der Waals surface area (Å²) >= 11 is 0. The molecule has 1 aromatic rings. The zero-order valence-electron chi connectivity index (χ0n) is 8.95. The molecule has 1 amide bonds. The van der Waals surface area contributed by atoms with E-state index in [1.807, 2.05) is 31.2 Å². The number of hydrogen-bond acceptors (Lipinski definition) is 5. The van der Waals surface area contributed by atoms with Gasteiger partial charge in [-0.05, 0) is 12.1 Å². The number of amidine groups is 2. The molecule has 3 rings (SSSR count). The Kier molecular flexibility index (Phi) is 2.01. The first-order valence-corrected chi connectivity index (χ1v) is 5.02. The van der Waals surface area contributed by atoms with Crippen molar-refractivity contribution in [3.63, 3.8) is 0 Å². The molecule has 2 aliphatic rings. The third kappa shape index (κ3) is 1.59. The number of amides is 1. The van der Waals surface area contributed by atoms with Gasteiger partial charge in [-0.15, -0.1) is 10.2 Å². The minimum absolute atomic E-state index is 0.112. The van der Waals surface area contributed by atoms with E-state index in [1.165, 1.54) is 0 Å². The normalized spacial score (nSPS) is 17.5. The van der Waals surface area contributed by atoms with Crippen LogP contribution in [0, 0.1) is 6.92 Å². The van der Waals surface area contributed by atoms with Crippen LogP contribution in [0.25, 0.3) is 0 Å². The quantitative estimate of drug-likeness (QED) is 0.713. The Morgan fingerprint density at radius 1 is 1.00 bits per heavy atom. The van der Waals surface area contributed by atoms with Crippen LogP contribution < -0.4 is 0 Å². The Bertz CT molecular complexity index is 622. The molecule has 0 aliphatic carbocycles. The van der Waals surface area contributed by atoms with Gasteiger partial charge in [0.1, 0.15) is 0 Å². The predicted octanol–water partition coefficient (Wildman–Crippen LogP) is 1.50. The molecule has 0 radical (unpaired) electrons. The Morgan fingerprint density at radius 2 is 1.76 bits per heavy atom. The molecule has 0 spiro atoms. The fourth-order valence-electron chi connectivity index (χ4n) is 1.52. The van der Waals surface area contributed by atoms with Crippen LogP contribution in [0.1, 0.15) is 11.1 Å². The van der Waals surface area contributed by atoms with Gasteiger partial charge in [-0.3, -0.25) is 4.79 Å². The Labute approximate surface area is 96.5 Å². The highest BCUT2D eigenvalue weighted by molar-refractivity contribution is 6.69. The first-order valence-electron chi connectivity index (χ1n) is 5.02. The molecule has 0 N–H and O–H groups in total. The molecule has 82 valence electrons. The third-order valence-electron chi connectivity index (χ3n) is 2.43. The molecule has 0 bridgehead atoms. The lowest BCUT2D eigenvalue weighted by molar-refractivity contribution is -0.111. The van der Waals surface area contributed by atoms with E-state index < -0.39 is 5.91 Å². The average molecular weight is 225 g/mol. The van der Waals surface area contributed by atoms with Crippen LogP contribution >= 0.6 is 0 Å². The maximum absolute atomic E-state index is 11.6. The molecule has 17 heavy (non-hydrogen) atoms. The molecule has 0 unspecified atom stereocenters. The van der Waals surface area contributed by atoms with Crippen molar-refractivity contribution in [2.75, 3.05) is 0 Å². The molecule has 6 heteroatoms. The minimum Gasteiger partial charge on any atom is -0.265 e. The summed E-state index contributed by atoms with van der Waals surface area (Å²) in [5.41, 5.74) is 2.02. The van der Waals surface area contributed by atoms with Gasteiger partial charge in [0.05, 0.1) is 0 Å². The van der Waals surface area contributed by atoms with Crippen LogP contribution in [0.4, 0.5) is 0 Å². The van der Waals surface area contributed by atoms with E-state index in [4.69, 9.17) is 0 Å². The highest BCUT2D eigenvalue weighted by Crippen LogP contribution is 2.13. The van der Waals surface area contributed by atoms with Crippen molar-refractivity contribution >= 4 is 23.3 Å². The zero-order valence-corrected chi connectivity index (χ0v) is 8.95. The van der Waals surface area contributed by atoms with Crippen LogP contribution in [0.3, 0.4) is 0 Å². The van der Waals surface area contributed by atoms with E-state index in [-0.39, 0.29) is 11.5 Å². The van der Waals surface area contributed by atoms with Gasteiger partial charge in [-0.25, -0.2) is 4.99 Å². The highest BCUT2D eigenvalue weighted by Gasteiger charge is 2.27. The lowest BCUT2D eigenvalue weighted by Crippen LogP contribution is -2.25. The van der Waals surface area contributed by atoms with Crippen molar-refractivity contribution in [1.29, 1.82) is 0 Å². The molecular weight excluding hydrogens is 218 g/mol. The van der Waals surface area contributed by atoms with Crippen molar-refractivity contribution < 1.29 is 4.79 Å². The lowest BCUT2D eigenvalue weighted by Gasteiger charge is -2.06. The zero-order chi connectivity index (χ0) is 11.8. The van der Waals surface area contributed by atoms with Gasteiger partial charge >= 0.3 is 5.91 Å². The molecule has 0 fully saturated rings. The van der Waals surface area contributed by atoms with E-state index >= 15 is 0 Å². The summed E-state index contributed by atoms with van der Waals surface area (Å²) in [6, 6.07) is 7.59. The summed E-state index contributed by atoms with van der Waals surface area (Å²) in [5, 5.41) is 10.6. The summed E-state index contributed by atoms with van der Waals surface area (Å²) < 4.78 is 0. The van der Waals surface area contributed by atoms with Gasteiger partial charge in [0, 0.05) is 5.56 Å².